The smallest absolute Gasteiger partial charge is 0.267 e. The van der Waals surface area contributed by atoms with E-state index < -0.39 is 5.91 Å². The molecule has 1 heterocycles. The summed E-state index contributed by atoms with van der Waals surface area (Å²) in [6, 6.07) is 14.7. The van der Waals surface area contributed by atoms with Crippen LogP contribution in [-0.2, 0) is 4.79 Å². The highest BCUT2D eigenvalue weighted by molar-refractivity contribution is 6.05. The van der Waals surface area contributed by atoms with Crippen molar-refractivity contribution in [2.75, 3.05) is 24.3 Å². The molecule has 7 heteroatoms. The zero-order chi connectivity index (χ0) is 19.4. The molecule has 2 amide bonds. The van der Waals surface area contributed by atoms with Gasteiger partial charge in [-0.15, -0.1) is 0 Å². The predicted molar refractivity (Wildman–Crippen MR) is 106 cm³/mol. The van der Waals surface area contributed by atoms with Crippen LogP contribution in [0.2, 0.25) is 0 Å². The summed E-state index contributed by atoms with van der Waals surface area (Å²) in [4.78, 5) is 28.6. The number of H-pyrrole nitrogens is 1. The van der Waals surface area contributed by atoms with E-state index in [2.05, 4.69) is 10.3 Å². The maximum absolute atomic E-state index is 12.4. The predicted octanol–water partition coefficient (Wildman–Crippen LogP) is 3.00. The zero-order valence-corrected chi connectivity index (χ0v) is 15.0. The third-order valence-electron chi connectivity index (χ3n) is 4.07. The lowest BCUT2D eigenvalue weighted by Gasteiger charge is -2.12. The quantitative estimate of drug-likeness (QED) is 0.318. The van der Waals surface area contributed by atoms with Gasteiger partial charge in [0.05, 0.1) is 0 Å². The molecule has 0 saturated heterocycles. The summed E-state index contributed by atoms with van der Waals surface area (Å²) in [7, 11) is 3.89. The van der Waals surface area contributed by atoms with E-state index in [4.69, 9.17) is 5.21 Å². The van der Waals surface area contributed by atoms with Gasteiger partial charge in [0.15, 0.2) is 0 Å². The van der Waals surface area contributed by atoms with Gasteiger partial charge in [-0.3, -0.25) is 14.8 Å². The number of rotatable bonds is 5. The number of hydrogen-bond donors (Lipinski definition) is 4. The van der Waals surface area contributed by atoms with Gasteiger partial charge >= 0.3 is 0 Å². The Bertz CT molecular complexity index is 1000. The third-order valence-corrected chi connectivity index (χ3v) is 4.07. The van der Waals surface area contributed by atoms with E-state index in [1.807, 2.05) is 49.3 Å². The minimum absolute atomic E-state index is 0.185. The van der Waals surface area contributed by atoms with Crippen molar-refractivity contribution in [2.24, 2.45) is 0 Å². The highest BCUT2D eigenvalue weighted by Crippen LogP contribution is 2.22. The van der Waals surface area contributed by atoms with Crippen LogP contribution in [0.1, 0.15) is 16.1 Å². The van der Waals surface area contributed by atoms with E-state index >= 15 is 0 Å². The summed E-state index contributed by atoms with van der Waals surface area (Å²) < 4.78 is 0. The molecule has 7 nitrogen and oxygen atoms in total. The van der Waals surface area contributed by atoms with Crippen molar-refractivity contribution in [1.82, 2.24) is 10.5 Å². The van der Waals surface area contributed by atoms with E-state index in [1.165, 1.54) is 11.6 Å². The summed E-state index contributed by atoms with van der Waals surface area (Å²) >= 11 is 0. The average Bonchev–Trinajstić information content (AvgIpc) is 3.08. The molecule has 27 heavy (non-hydrogen) atoms. The van der Waals surface area contributed by atoms with Gasteiger partial charge in [0, 0.05) is 53.7 Å². The number of carbonyl (C=O) groups is 2. The Morgan fingerprint density at radius 1 is 1.07 bits per heavy atom. The van der Waals surface area contributed by atoms with Crippen molar-refractivity contribution in [3.63, 3.8) is 0 Å². The van der Waals surface area contributed by atoms with Crippen molar-refractivity contribution in [1.29, 1.82) is 0 Å². The molecule has 0 atom stereocenters. The van der Waals surface area contributed by atoms with Crippen LogP contribution >= 0.6 is 0 Å². The van der Waals surface area contributed by atoms with Gasteiger partial charge in [-0.05, 0) is 54.6 Å². The molecule has 0 bridgehead atoms. The summed E-state index contributed by atoms with van der Waals surface area (Å²) in [5.74, 6) is -0.795. The van der Waals surface area contributed by atoms with E-state index in [0.29, 0.717) is 16.9 Å². The molecule has 0 saturated carbocycles. The Balaban J connectivity index is 1.75. The number of hydrogen-bond acceptors (Lipinski definition) is 4. The number of nitrogens with one attached hydrogen (secondary N) is 3. The van der Waals surface area contributed by atoms with Crippen molar-refractivity contribution in [3.05, 3.63) is 65.9 Å². The second-order valence-electron chi connectivity index (χ2n) is 6.23. The molecule has 0 aliphatic heterocycles. The van der Waals surface area contributed by atoms with Crippen LogP contribution in [0.15, 0.2) is 54.6 Å². The molecule has 0 aliphatic carbocycles. The standard InChI is InChI=1S/C20H20N4O3/c1-24(2)17-7-3-13(4-8-17)20(26)22-16-5-9-18-14(12-16)11-15(21-18)6-10-19(25)23-27/h3-12,21,27H,1-2H3,(H,22,26)(H,23,25)/b10-6+. The number of anilines is 2. The maximum atomic E-state index is 12.4. The van der Waals surface area contributed by atoms with Crippen LogP contribution in [0.4, 0.5) is 11.4 Å². The van der Waals surface area contributed by atoms with Crippen molar-refractivity contribution in [3.8, 4) is 0 Å². The number of fused-ring (bicyclic) bond motifs is 1. The minimum atomic E-state index is -0.609. The third kappa shape index (κ3) is 4.34. The maximum Gasteiger partial charge on any atom is 0.267 e. The second kappa shape index (κ2) is 7.76. The van der Waals surface area contributed by atoms with Crippen LogP contribution in [0.5, 0.6) is 0 Å². The first-order chi connectivity index (χ1) is 13.0. The lowest BCUT2D eigenvalue weighted by Crippen LogP contribution is -2.14. The highest BCUT2D eigenvalue weighted by atomic mass is 16.5. The molecule has 0 unspecified atom stereocenters. The summed E-state index contributed by atoms with van der Waals surface area (Å²) in [5, 5.41) is 12.3. The molecule has 1 aromatic heterocycles. The van der Waals surface area contributed by atoms with Gasteiger partial charge in [-0.2, -0.15) is 0 Å². The molecular formula is C20H20N4O3. The van der Waals surface area contributed by atoms with Gasteiger partial charge in [0.25, 0.3) is 11.8 Å². The first-order valence-electron chi connectivity index (χ1n) is 8.30. The molecule has 0 spiro atoms. The molecule has 3 aromatic rings. The van der Waals surface area contributed by atoms with Crippen molar-refractivity contribution in [2.45, 2.75) is 0 Å². The van der Waals surface area contributed by atoms with Crippen LogP contribution < -0.4 is 15.7 Å². The summed E-state index contributed by atoms with van der Waals surface area (Å²) in [6.45, 7) is 0. The number of aromatic nitrogens is 1. The fourth-order valence-corrected chi connectivity index (χ4v) is 2.64. The Kier molecular flexibility index (Phi) is 5.23. The van der Waals surface area contributed by atoms with E-state index in [-0.39, 0.29) is 5.91 Å². The zero-order valence-electron chi connectivity index (χ0n) is 15.0. The number of nitrogens with zero attached hydrogens (tertiary/aromatic N) is 1. The molecule has 0 aliphatic rings. The van der Waals surface area contributed by atoms with E-state index in [9.17, 15) is 9.59 Å². The second-order valence-corrected chi connectivity index (χ2v) is 6.23. The first-order valence-corrected chi connectivity index (χ1v) is 8.30. The molecule has 138 valence electrons. The SMILES string of the molecule is CN(C)c1ccc(C(=O)Nc2ccc3[nH]c(/C=C/C(=O)NO)cc3c2)cc1. The van der Waals surface area contributed by atoms with Gasteiger partial charge in [0.1, 0.15) is 0 Å². The lowest BCUT2D eigenvalue weighted by atomic mass is 10.1. The highest BCUT2D eigenvalue weighted by Gasteiger charge is 2.08. The molecule has 4 N–H and O–H groups in total. The number of hydroxylamine groups is 1. The van der Waals surface area contributed by atoms with Crippen LogP contribution in [-0.4, -0.2) is 36.1 Å². The monoisotopic (exact) mass is 364 g/mol. The largest absolute Gasteiger partial charge is 0.378 e. The van der Waals surface area contributed by atoms with Crippen LogP contribution in [0, 0.1) is 0 Å². The number of amides is 2. The van der Waals surface area contributed by atoms with Crippen LogP contribution in [0.3, 0.4) is 0 Å². The Labute approximate surface area is 156 Å². The van der Waals surface area contributed by atoms with E-state index in [1.54, 1.807) is 24.3 Å². The van der Waals surface area contributed by atoms with Gasteiger partial charge in [-0.1, -0.05) is 0 Å². The van der Waals surface area contributed by atoms with Gasteiger partial charge in [0.2, 0.25) is 0 Å². The van der Waals surface area contributed by atoms with E-state index in [0.717, 1.165) is 16.6 Å². The number of aromatic amines is 1. The molecule has 0 fully saturated rings. The Morgan fingerprint density at radius 2 is 1.81 bits per heavy atom. The summed E-state index contributed by atoms with van der Waals surface area (Å²) in [5.41, 5.74) is 5.38. The molecule has 0 radical (unpaired) electrons. The van der Waals surface area contributed by atoms with Crippen molar-refractivity contribution < 1.29 is 14.8 Å². The van der Waals surface area contributed by atoms with Crippen LogP contribution in [0.25, 0.3) is 17.0 Å². The fraction of sp³-hybridized carbons (Fsp3) is 0.100. The fourth-order valence-electron chi connectivity index (χ4n) is 2.64. The van der Waals surface area contributed by atoms with Gasteiger partial charge < -0.3 is 15.2 Å². The summed E-state index contributed by atoms with van der Waals surface area (Å²) in [6.07, 6.45) is 2.76. The Hall–Kier alpha value is -3.58. The number of benzene rings is 2. The molecule has 3 rings (SSSR count). The molecular weight excluding hydrogens is 344 g/mol. The van der Waals surface area contributed by atoms with Gasteiger partial charge in [-0.25, -0.2) is 5.48 Å². The normalized spacial score (nSPS) is 10.9. The first kappa shape index (κ1) is 18.2. The topological polar surface area (TPSA) is 97.5 Å². The Morgan fingerprint density at radius 3 is 2.48 bits per heavy atom. The van der Waals surface area contributed by atoms with Crippen molar-refractivity contribution >= 4 is 40.2 Å². The minimum Gasteiger partial charge on any atom is -0.378 e. The number of carbonyl (C=O) groups excluding carboxylic acids is 2. The average molecular weight is 364 g/mol. The lowest BCUT2D eigenvalue weighted by molar-refractivity contribution is -0.124. The molecule has 2 aromatic carbocycles.